The third-order valence-corrected chi connectivity index (χ3v) is 2.38. The van der Waals surface area contributed by atoms with Gasteiger partial charge in [-0.15, -0.1) is 0 Å². The number of nitrogens with one attached hydrogen (secondary N) is 1. The third kappa shape index (κ3) is 0.865. The zero-order valence-corrected chi connectivity index (χ0v) is 7.39. The van der Waals surface area contributed by atoms with E-state index in [0.29, 0.717) is 0 Å². The van der Waals surface area contributed by atoms with E-state index in [1.807, 2.05) is 18.1 Å². The molecule has 0 radical (unpaired) electrons. The number of nitrogens with two attached hydrogens (primary N) is 1. The molecule has 1 aliphatic rings. The quantitative estimate of drug-likeness (QED) is 0.561. The Morgan fingerprint density at radius 3 is 2.92 bits per heavy atom. The van der Waals surface area contributed by atoms with Gasteiger partial charge in [0.15, 0.2) is 0 Å². The second-order valence-electron chi connectivity index (χ2n) is 3.19. The lowest BCUT2D eigenvalue weighted by Gasteiger charge is -2.14. The monoisotopic (exact) mass is 163 g/mol. The van der Waals surface area contributed by atoms with Crippen LogP contribution in [0.4, 0.5) is 11.4 Å². The van der Waals surface area contributed by atoms with Crippen LogP contribution in [0.15, 0.2) is 12.1 Å². The molecule has 3 heteroatoms. The van der Waals surface area contributed by atoms with Gasteiger partial charge in [0, 0.05) is 13.6 Å². The van der Waals surface area contributed by atoms with Crippen LogP contribution in [0.5, 0.6) is 0 Å². The number of hydrazine groups is 1. The topological polar surface area (TPSA) is 41.3 Å². The molecule has 2 rings (SSSR count). The largest absolute Gasteiger partial charge is 0.397 e. The number of nitrogen functional groups attached to an aromatic ring is 1. The van der Waals surface area contributed by atoms with Crippen LogP contribution in [0.1, 0.15) is 11.1 Å². The molecule has 3 nitrogen and oxygen atoms in total. The van der Waals surface area contributed by atoms with E-state index in [1.54, 1.807) is 0 Å². The highest BCUT2D eigenvalue weighted by Crippen LogP contribution is 2.32. The lowest BCUT2D eigenvalue weighted by Crippen LogP contribution is -2.27. The number of hydrogen-bond acceptors (Lipinski definition) is 3. The number of aryl methyl sites for hydroxylation is 1. The van der Waals surface area contributed by atoms with Gasteiger partial charge in [0.05, 0.1) is 11.4 Å². The summed E-state index contributed by atoms with van der Waals surface area (Å²) in [6.07, 6.45) is 0. The van der Waals surface area contributed by atoms with E-state index in [-0.39, 0.29) is 0 Å². The van der Waals surface area contributed by atoms with Crippen LogP contribution >= 0.6 is 0 Å². The Morgan fingerprint density at radius 1 is 1.50 bits per heavy atom. The van der Waals surface area contributed by atoms with E-state index in [1.165, 1.54) is 11.1 Å². The van der Waals surface area contributed by atoms with Crippen molar-refractivity contribution in [3.8, 4) is 0 Å². The summed E-state index contributed by atoms with van der Waals surface area (Å²) in [7, 11) is 1.99. The maximum atomic E-state index is 5.85. The number of rotatable bonds is 0. The minimum Gasteiger partial charge on any atom is -0.397 e. The van der Waals surface area contributed by atoms with Crippen molar-refractivity contribution in [2.75, 3.05) is 17.8 Å². The molecule has 1 heterocycles. The van der Waals surface area contributed by atoms with E-state index in [0.717, 1.165) is 17.9 Å². The van der Waals surface area contributed by atoms with E-state index in [4.69, 9.17) is 5.73 Å². The molecule has 1 aromatic rings. The highest BCUT2D eigenvalue weighted by atomic mass is 15.5. The van der Waals surface area contributed by atoms with Gasteiger partial charge in [-0.2, -0.15) is 0 Å². The predicted molar refractivity (Wildman–Crippen MR) is 50.8 cm³/mol. The second kappa shape index (κ2) is 2.38. The summed E-state index contributed by atoms with van der Waals surface area (Å²) in [4.78, 5) is 0. The fourth-order valence-corrected chi connectivity index (χ4v) is 1.65. The van der Waals surface area contributed by atoms with Gasteiger partial charge in [-0.05, 0) is 24.1 Å². The summed E-state index contributed by atoms with van der Waals surface area (Å²) in [5.41, 5.74) is 13.7. The fourth-order valence-electron chi connectivity index (χ4n) is 1.65. The predicted octanol–water partition coefficient (Wildman–Crippen LogP) is 1.03. The van der Waals surface area contributed by atoms with E-state index >= 15 is 0 Å². The summed E-state index contributed by atoms with van der Waals surface area (Å²) < 4.78 is 0. The third-order valence-electron chi connectivity index (χ3n) is 2.38. The molecule has 0 spiro atoms. The van der Waals surface area contributed by atoms with Crippen molar-refractivity contribution in [2.24, 2.45) is 0 Å². The molecule has 0 aliphatic carbocycles. The molecule has 0 atom stereocenters. The van der Waals surface area contributed by atoms with E-state index < -0.39 is 0 Å². The van der Waals surface area contributed by atoms with Crippen LogP contribution in [-0.2, 0) is 6.54 Å². The standard InChI is InChI=1S/C9H13N3/c1-6-3-4-8(10)9-7(6)5-11-12(9)2/h3-4,11H,5,10H2,1-2H3. The van der Waals surface area contributed by atoms with Crippen LogP contribution in [0, 0.1) is 6.92 Å². The molecule has 64 valence electrons. The van der Waals surface area contributed by atoms with Gasteiger partial charge >= 0.3 is 0 Å². The first-order chi connectivity index (χ1) is 5.70. The molecule has 1 aliphatic heterocycles. The van der Waals surface area contributed by atoms with E-state index in [9.17, 15) is 0 Å². The number of nitrogens with zero attached hydrogens (tertiary/aromatic N) is 1. The molecule has 0 aromatic heterocycles. The van der Waals surface area contributed by atoms with Crippen LogP contribution in [-0.4, -0.2) is 7.05 Å². The molecule has 0 saturated heterocycles. The van der Waals surface area contributed by atoms with Gasteiger partial charge < -0.3 is 10.7 Å². The molecule has 0 saturated carbocycles. The van der Waals surface area contributed by atoms with Crippen molar-refractivity contribution in [1.82, 2.24) is 5.43 Å². The maximum absolute atomic E-state index is 5.85. The zero-order valence-electron chi connectivity index (χ0n) is 7.39. The van der Waals surface area contributed by atoms with Crippen molar-refractivity contribution >= 4 is 11.4 Å². The van der Waals surface area contributed by atoms with Crippen LogP contribution in [0.25, 0.3) is 0 Å². The molecule has 0 fully saturated rings. The zero-order chi connectivity index (χ0) is 8.72. The summed E-state index contributed by atoms with van der Waals surface area (Å²) >= 11 is 0. The smallest absolute Gasteiger partial charge is 0.0794 e. The molecule has 3 N–H and O–H groups in total. The SMILES string of the molecule is Cc1ccc(N)c2c1CNN2C. The summed E-state index contributed by atoms with van der Waals surface area (Å²) in [5, 5.41) is 1.98. The van der Waals surface area contributed by atoms with Gasteiger partial charge in [0.2, 0.25) is 0 Å². The van der Waals surface area contributed by atoms with E-state index in [2.05, 4.69) is 18.4 Å². The van der Waals surface area contributed by atoms with Gasteiger partial charge in [-0.25, -0.2) is 5.43 Å². The van der Waals surface area contributed by atoms with Crippen LogP contribution in [0.2, 0.25) is 0 Å². The lowest BCUT2D eigenvalue weighted by atomic mass is 10.1. The van der Waals surface area contributed by atoms with Crippen molar-refractivity contribution in [3.05, 3.63) is 23.3 Å². The Bertz CT molecular complexity index is 320. The molecule has 0 amide bonds. The Morgan fingerprint density at radius 2 is 2.25 bits per heavy atom. The van der Waals surface area contributed by atoms with Gasteiger partial charge in [-0.3, -0.25) is 0 Å². The van der Waals surface area contributed by atoms with Crippen LogP contribution in [0.3, 0.4) is 0 Å². The number of anilines is 2. The molecular weight excluding hydrogens is 150 g/mol. The first-order valence-electron chi connectivity index (χ1n) is 4.05. The highest BCUT2D eigenvalue weighted by Gasteiger charge is 2.19. The molecule has 0 unspecified atom stereocenters. The van der Waals surface area contributed by atoms with Crippen molar-refractivity contribution < 1.29 is 0 Å². The lowest BCUT2D eigenvalue weighted by molar-refractivity contribution is 0.734. The first kappa shape index (κ1) is 7.43. The normalized spacial score (nSPS) is 15.0. The van der Waals surface area contributed by atoms with Crippen molar-refractivity contribution in [2.45, 2.75) is 13.5 Å². The molecule has 1 aromatic carbocycles. The minimum atomic E-state index is 0.850. The van der Waals surface area contributed by atoms with Gasteiger partial charge in [0.25, 0.3) is 0 Å². The average molecular weight is 163 g/mol. The number of benzene rings is 1. The maximum Gasteiger partial charge on any atom is 0.0794 e. The summed E-state index contributed by atoms with van der Waals surface area (Å²) in [6, 6.07) is 4.02. The molecule has 12 heavy (non-hydrogen) atoms. The van der Waals surface area contributed by atoms with Crippen molar-refractivity contribution in [3.63, 3.8) is 0 Å². The minimum absolute atomic E-state index is 0.850. The second-order valence-corrected chi connectivity index (χ2v) is 3.19. The Kier molecular flexibility index (Phi) is 1.48. The van der Waals surface area contributed by atoms with Gasteiger partial charge in [0.1, 0.15) is 0 Å². The highest BCUT2D eigenvalue weighted by molar-refractivity contribution is 5.74. The fraction of sp³-hybridized carbons (Fsp3) is 0.333. The summed E-state index contributed by atoms with van der Waals surface area (Å²) in [6.45, 7) is 3.00. The number of fused-ring (bicyclic) bond motifs is 1. The molecular formula is C9H13N3. The van der Waals surface area contributed by atoms with Crippen LogP contribution < -0.4 is 16.2 Å². The summed E-state index contributed by atoms with van der Waals surface area (Å²) in [5.74, 6) is 0. The molecule has 0 bridgehead atoms. The van der Waals surface area contributed by atoms with Crippen molar-refractivity contribution in [1.29, 1.82) is 0 Å². The Balaban J connectivity index is 2.64. The average Bonchev–Trinajstić information content (AvgIpc) is 2.42. The van der Waals surface area contributed by atoms with Gasteiger partial charge in [-0.1, -0.05) is 6.07 Å². The Labute approximate surface area is 72.1 Å². The number of hydrogen-bond donors (Lipinski definition) is 2. The first-order valence-corrected chi connectivity index (χ1v) is 4.05. The Hall–Kier alpha value is -1.22.